The molecule has 1 aromatic rings. The van der Waals surface area contributed by atoms with Gasteiger partial charge in [0.1, 0.15) is 0 Å². The molecule has 5 heteroatoms. The molecule has 0 saturated carbocycles. The number of rotatable bonds is 3. The minimum absolute atomic E-state index is 0.0336. The van der Waals surface area contributed by atoms with E-state index in [0.717, 1.165) is 0 Å². The minimum Gasteiger partial charge on any atom is -0.338 e. The number of nitrogens with zero attached hydrogens (tertiary/aromatic N) is 3. The van der Waals surface area contributed by atoms with Crippen LogP contribution in [-0.2, 0) is 0 Å². The molecular weight excluding hydrogens is 174 g/mol. The molecule has 0 aliphatic rings. The van der Waals surface area contributed by atoms with Gasteiger partial charge < -0.3 is 4.90 Å². The summed E-state index contributed by atoms with van der Waals surface area (Å²) in [5.41, 5.74) is 0.448. The van der Waals surface area contributed by atoms with E-state index >= 15 is 0 Å². The molecule has 0 unspecified atom stereocenters. The molecule has 0 N–H and O–H groups in total. The normalized spacial score (nSPS) is 9.83. The van der Waals surface area contributed by atoms with Crippen molar-refractivity contribution in [1.82, 2.24) is 14.5 Å². The van der Waals surface area contributed by atoms with Gasteiger partial charge in [-0.1, -0.05) is 4.49 Å². The summed E-state index contributed by atoms with van der Waals surface area (Å²) in [5, 5.41) is 5.38. The third-order valence-corrected chi connectivity index (χ3v) is 2.13. The average Bonchev–Trinajstić information content (AvgIpc) is 2.58. The van der Waals surface area contributed by atoms with E-state index in [1.54, 1.807) is 10.3 Å². The maximum Gasteiger partial charge on any atom is 0.275 e. The van der Waals surface area contributed by atoms with Crippen LogP contribution in [0.2, 0.25) is 0 Å². The quantitative estimate of drug-likeness (QED) is 0.706. The molecule has 12 heavy (non-hydrogen) atoms. The second-order valence-corrected chi connectivity index (χ2v) is 2.88. The molecule has 0 aliphatic carbocycles. The van der Waals surface area contributed by atoms with Gasteiger partial charge in [0.15, 0.2) is 5.69 Å². The molecule has 0 saturated heterocycles. The van der Waals surface area contributed by atoms with Gasteiger partial charge in [-0.25, -0.2) is 0 Å². The fourth-order valence-electron chi connectivity index (χ4n) is 0.931. The molecular formula is C7H11N3OS. The van der Waals surface area contributed by atoms with E-state index in [9.17, 15) is 4.79 Å². The minimum atomic E-state index is -0.0336. The Morgan fingerprint density at radius 3 is 2.67 bits per heavy atom. The van der Waals surface area contributed by atoms with Crippen molar-refractivity contribution in [3.63, 3.8) is 0 Å². The van der Waals surface area contributed by atoms with Crippen molar-refractivity contribution in [2.45, 2.75) is 13.8 Å². The summed E-state index contributed by atoms with van der Waals surface area (Å²) in [7, 11) is 0. The number of carbonyl (C=O) groups is 1. The van der Waals surface area contributed by atoms with Gasteiger partial charge in [-0.2, -0.15) is 0 Å². The zero-order valence-corrected chi connectivity index (χ0v) is 7.97. The van der Waals surface area contributed by atoms with E-state index in [-0.39, 0.29) is 5.91 Å². The van der Waals surface area contributed by atoms with Crippen LogP contribution in [0, 0.1) is 0 Å². The van der Waals surface area contributed by atoms with Gasteiger partial charge in [0, 0.05) is 18.5 Å². The van der Waals surface area contributed by atoms with Crippen molar-refractivity contribution >= 4 is 17.4 Å². The Kier molecular flexibility index (Phi) is 3.16. The van der Waals surface area contributed by atoms with E-state index in [0.29, 0.717) is 18.8 Å². The lowest BCUT2D eigenvalue weighted by Gasteiger charge is -2.16. The first kappa shape index (κ1) is 9.12. The molecule has 1 aromatic heterocycles. The maximum atomic E-state index is 11.5. The Labute approximate surface area is 75.4 Å². The lowest BCUT2D eigenvalue weighted by atomic mass is 10.4. The first-order chi connectivity index (χ1) is 5.79. The number of aromatic nitrogens is 2. The van der Waals surface area contributed by atoms with E-state index in [1.807, 2.05) is 13.8 Å². The van der Waals surface area contributed by atoms with Gasteiger partial charge in [-0.05, 0) is 25.4 Å². The van der Waals surface area contributed by atoms with Gasteiger partial charge in [0.25, 0.3) is 5.91 Å². The van der Waals surface area contributed by atoms with Crippen molar-refractivity contribution in [2.75, 3.05) is 13.1 Å². The maximum absolute atomic E-state index is 11.5. The van der Waals surface area contributed by atoms with Gasteiger partial charge in [0.05, 0.1) is 0 Å². The molecule has 0 aliphatic heterocycles. The number of hydrogen-bond acceptors (Lipinski definition) is 4. The average molecular weight is 185 g/mol. The van der Waals surface area contributed by atoms with Crippen LogP contribution >= 0.6 is 11.5 Å². The Bertz CT molecular complexity index is 243. The summed E-state index contributed by atoms with van der Waals surface area (Å²) < 4.78 is 3.64. The molecule has 4 nitrogen and oxygen atoms in total. The van der Waals surface area contributed by atoms with Crippen molar-refractivity contribution in [3.05, 3.63) is 11.1 Å². The zero-order chi connectivity index (χ0) is 8.97. The summed E-state index contributed by atoms with van der Waals surface area (Å²) in [6.45, 7) is 5.32. The standard InChI is InChI=1S/C7H11N3OS/c1-3-10(4-2)7(11)6-5-12-9-8-6/h5H,3-4H2,1-2H3. The molecule has 0 bridgehead atoms. The Morgan fingerprint density at radius 1 is 1.58 bits per heavy atom. The number of amides is 1. The first-order valence-corrected chi connectivity index (χ1v) is 4.69. The second-order valence-electron chi connectivity index (χ2n) is 2.27. The van der Waals surface area contributed by atoms with Crippen molar-refractivity contribution in [3.8, 4) is 0 Å². The van der Waals surface area contributed by atoms with Gasteiger partial charge in [0.2, 0.25) is 0 Å². The summed E-state index contributed by atoms with van der Waals surface area (Å²) in [4.78, 5) is 13.2. The summed E-state index contributed by atoms with van der Waals surface area (Å²) in [6.07, 6.45) is 0. The number of carbonyl (C=O) groups excluding carboxylic acids is 1. The zero-order valence-electron chi connectivity index (χ0n) is 7.15. The predicted molar refractivity (Wildman–Crippen MR) is 47.2 cm³/mol. The van der Waals surface area contributed by atoms with Crippen LogP contribution in [0.15, 0.2) is 5.38 Å². The highest BCUT2D eigenvalue weighted by molar-refractivity contribution is 7.03. The van der Waals surface area contributed by atoms with E-state index in [2.05, 4.69) is 9.59 Å². The fraction of sp³-hybridized carbons (Fsp3) is 0.571. The Hall–Kier alpha value is -0.970. The molecule has 0 aromatic carbocycles. The number of hydrogen-bond donors (Lipinski definition) is 0. The Balaban J connectivity index is 2.70. The van der Waals surface area contributed by atoms with E-state index in [1.165, 1.54) is 11.5 Å². The fourth-order valence-corrected chi connectivity index (χ4v) is 1.36. The molecule has 1 heterocycles. The van der Waals surface area contributed by atoms with Crippen molar-refractivity contribution < 1.29 is 4.79 Å². The Morgan fingerprint density at radius 2 is 2.25 bits per heavy atom. The van der Waals surface area contributed by atoms with Crippen LogP contribution in [0.3, 0.4) is 0 Å². The van der Waals surface area contributed by atoms with Gasteiger partial charge in [-0.15, -0.1) is 5.10 Å². The van der Waals surface area contributed by atoms with Gasteiger partial charge >= 0.3 is 0 Å². The van der Waals surface area contributed by atoms with Gasteiger partial charge in [-0.3, -0.25) is 4.79 Å². The van der Waals surface area contributed by atoms with Crippen LogP contribution < -0.4 is 0 Å². The molecule has 0 fully saturated rings. The summed E-state index contributed by atoms with van der Waals surface area (Å²) >= 11 is 1.20. The highest BCUT2D eigenvalue weighted by Crippen LogP contribution is 2.02. The first-order valence-electron chi connectivity index (χ1n) is 3.85. The second kappa shape index (κ2) is 4.15. The molecule has 66 valence electrons. The predicted octanol–water partition coefficient (Wildman–Crippen LogP) is 1.02. The monoisotopic (exact) mass is 185 g/mol. The SMILES string of the molecule is CCN(CC)C(=O)c1csnn1. The molecule has 0 radical (unpaired) electrons. The molecule has 1 amide bonds. The van der Waals surface area contributed by atoms with Crippen LogP contribution in [0.5, 0.6) is 0 Å². The summed E-state index contributed by atoms with van der Waals surface area (Å²) in [5.74, 6) is -0.0336. The van der Waals surface area contributed by atoms with Crippen molar-refractivity contribution in [1.29, 1.82) is 0 Å². The lowest BCUT2D eigenvalue weighted by molar-refractivity contribution is 0.0767. The van der Waals surface area contributed by atoms with Crippen molar-refractivity contribution in [2.24, 2.45) is 0 Å². The smallest absolute Gasteiger partial charge is 0.275 e. The third-order valence-electron chi connectivity index (χ3n) is 1.63. The molecule has 0 spiro atoms. The lowest BCUT2D eigenvalue weighted by Crippen LogP contribution is -2.30. The third kappa shape index (κ3) is 1.79. The highest BCUT2D eigenvalue weighted by atomic mass is 32.1. The van der Waals surface area contributed by atoms with Crippen LogP contribution in [0.1, 0.15) is 24.3 Å². The molecule has 0 atom stereocenters. The van der Waals surface area contributed by atoms with Crippen LogP contribution in [0.25, 0.3) is 0 Å². The topological polar surface area (TPSA) is 46.1 Å². The molecule has 1 rings (SSSR count). The van der Waals surface area contributed by atoms with Crippen LogP contribution in [0.4, 0.5) is 0 Å². The summed E-state index contributed by atoms with van der Waals surface area (Å²) in [6, 6.07) is 0. The largest absolute Gasteiger partial charge is 0.338 e. The van der Waals surface area contributed by atoms with E-state index in [4.69, 9.17) is 0 Å². The highest BCUT2D eigenvalue weighted by Gasteiger charge is 2.14. The van der Waals surface area contributed by atoms with Crippen LogP contribution in [-0.4, -0.2) is 33.5 Å². The van der Waals surface area contributed by atoms with E-state index < -0.39 is 0 Å².